The lowest BCUT2D eigenvalue weighted by molar-refractivity contribution is -0.122. The summed E-state index contributed by atoms with van der Waals surface area (Å²) in [4.78, 5) is 16.9. The normalized spacial score (nSPS) is 22.4. The number of hydrogen-bond donors (Lipinski definition) is 2. The van der Waals surface area contributed by atoms with Crippen molar-refractivity contribution < 1.29 is 4.79 Å². The Kier molecular flexibility index (Phi) is 4.22. The minimum Gasteiger partial charge on any atom is -0.330 e. The van der Waals surface area contributed by atoms with Crippen molar-refractivity contribution in [3.8, 4) is 0 Å². The van der Waals surface area contributed by atoms with Crippen LogP contribution in [0.15, 0.2) is 18.2 Å². The lowest BCUT2D eigenvalue weighted by atomic mass is 9.78. The first-order chi connectivity index (χ1) is 10.2. The van der Waals surface area contributed by atoms with Gasteiger partial charge in [-0.3, -0.25) is 4.79 Å². The maximum atomic E-state index is 12.5. The van der Waals surface area contributed by atoms with Crippen LogP contribution in [0.1, 0.15) is 30.7 Å². The standard InChI is InChI=1S/C16H21N3OS/c1-10-18-14-7-6-12(8-15(14)21-10)19-16(20)13-5-3-2-4-11(13)9-17/h6-8,11,13H,2-5,9,17H2,1H3,(H,19,20). The first-order valence-corrected chi connectivity index (χ1v) is 8.37. The van der Waals surface area contributed by atoms with Crippen LogP contribution >= 0.6 is 11.3 Å². The second-order valence-corrected chi connectivity index (χ2v) is 7.03. The zero-order valence-electron chi connectivity index (χ0n) is 12.3. The molecule has 0 aliphatic heterocycles. The average Bonchev–Trinajstić information content (AvgIpc) is 2.86. The molecule has 1 fully saturated rings. The summed E-state index contributed by atoms with van der Waals surface area (Å²) in [5.74, 6) is 0.501. The minimum atomic E-state index is 0.0580. The summed E-state index contributed by atoms with van der Waals surface area (Å²) >= 11 is 1.65. The number of nitrogens with two attached hydrogens (primary N) is 1. The highest BCUT2D eigenvalue weighted by molar-refractivity contribution is 7.18. The fourth-order valence-electron chi connectivity index (χ4n) is 3.19. The number of rotatable bonds is 3. The van der Waals surface area contributed by atoms with Crippen molar-refractivity contribution >= 4 is 33.1 Å². The van der Waals surface area contributed by atoms with E-state index in [2.05, 4.69) is 10.3 Å². The van der Waals surface area contributed by atoms with Crippen LogP contribution in [0.3, 0.4) is 0 Å². The maximum Gasteiger partial charge on any atom is 0.227 e. The van der Waals surface area contributed by atoms with Crippen molar-refractivity contribution in [3.63, 3.8) is 0 Å². The van der Waals surface area contributed by atoms with Gasteiger partial charge >= 0.3 is 0 Å². The summed E-state index contributed by atoms with van der Waals surface area (Å²) in [6.45, 7) is 2.60. The summed E-state index contributed by atoms with van der Waals surface area (Å²) in [5, 5.41) is 4.11. The number of anilines is 1. The van der Waals surface area contributed by atoms with Gasteiger partial charge in [-0.05, 0) is 50.4 Å². The van der Waals surface area contributed by atoms with Crippen LogP contribution in [0.4, 0.5) is 5.69 Å². The van der Waals surface area contributed by atoms with Gasteiger partial charge in [0.2, 0.25) is 5.91 Å². The Bertz CT molecular complexity index is 652. The zero-order valence-corrected chi connectivity index (χ0v) is 13.1. The molecule has 1 aromatic heterocycles. The highest BCUT2D eigenvalue weighted by Gasteiger charge is 2.29. The van der Waals surface area contributed by atoms with Gasteiger partial charge in [-0.1, -0.05) is 12.8 Å². The Labute approximate surface area is 128 Å². The summed E-state index contributed by atoms with van der Waals surface area (Å²) in [7, 11) is 0. The lowest BCUT2D eigenvalue weighted by Gasteiger charge is -2.29. The third-order valence-corrected chi connectivity index (χ3v) is 5.25. The first-order valence-electron chi connectivity index (χ1n) is 7.55. The van der Waals surface area contributed by atoms with E-state index in [1.165, 1.54) is 6.42 Å². The number of hydrogen-bond acceptors (Lipinski definition) is 4. The quantitative estimate of drug-likeness (QED) is 0.914. The number of benzene rings is 1. The highest BCUT2D eigenvalue weighted by atomic mass is 32.1. The molecular formula is C16H21N3OS. The van der Waals surface area contributed by atoms with Crippen LogP contribution in [-0.4, -0.2) is 17.4 Å². The van der Waals surface area contributed by atoms with E-state index in [1.54, 1.807) is 11.3 Å². The van der Waals surface area contributed by atoms with Gasteiger partial charge in [0.15, 0.2) is 0 Å². The van der Waals surface area contributed by atoms with Crippen molar-refractivity contribution in [1.29, 1.82) is 0 Å². The number of carbonyl (C=O) groups is 1. The van der Waals surface area contributed by atoms with E-state index in [1.807, 2.05) is 25.1 Å². The minimum absolute atomic E-state index is 0.0580. The van der Waals surface area contributed by atoms with Gasteiger partial charge in [0.25, 0.3) is 0 Å². The van der Waals surface area contributed by atoms with E-state index in [-0.39, 0.29) is 11.8 Å². The van der Waals surface area contributed by atoms with Crippen molar-refractivity contribution in [1.82, 2.24) is 4.98 Å². The number of fused-ring (bicyclic) bond motifs is 1. The Balaban J connectivity index is 1.75. The summed E-state index contributed by atoms with van der Waals surface area (Å²) in [6.07, 6.45) is 4.34. The Morgan fingerprint density at radius 1 is 1.43 bits per heavy atom. The molecule has 2 atom stereocenters. The van der Waals surface area contributed by atoms with Crippen molar-refractivity contribution in [3.05, 3.63) is 23.2 Å². The summed E-state index contributed by atoms with van der Waals surface area (Å²) < 4.78 is 1.12. The molecule has 5 heteroatoms. The molecule has 1 aliphatic carbocycles. The second kappa shape index (κ2) is 6.12. The molecular weight excluding hydrogens is 282 g/mol. The van der Waals surface area contributed by atoms with Crippen LogP contribution in [0.2, 0.25) is 0 Å². The molecule has 1 saturated carbocycles. The Morgan fingerprint density at radius 2 is 2.24 bits per heavy atom. The number of thiazole rings is 1. The van der Waals surface area contributed by atoms with Gasteiger partial charge in [0.1, 0.15) is 0 Å². The van der Waals surface area contributed by atoms with E-state index in [4.69, 9.17) is 5.73 Å². The van der Waals surface area contributed by atoms with Crippen molar-refractivity contribution in [2.45, 2.75) is 32.6 Å². The van der Waals surface area contributed by atoms with Gasteiger partial charge in [-0.2, -0.15) is 0 Å². The fourth-order valence-corrected chi connectivity index (χ4v) is 4.05. The largest absolute Gasteiger partial charge is 0.330 e. The third-order valence-electron chi connectivity index (χ3n) is 4.31. The van der Waals surface area contributed by atoms with Gasteiger partial charge in [0.05, 0.1) is 15.2 Å². The van der Waals surface area contributed by atoms with E-state index < -0.39 is 0 Å². The predicted octanol–water partition coefficient (Wildman–Crippen LogP) is 3.31. The highest BCUT2D eigenvalue weighted by Crippen LogP contribution is 2.31. The molecule has 3 N–H and O–H groups in total. The smallest absolute Gasteiger partial charge is 0.227 e. The topological polar surface area (TPSA) is 68.0 Å². The van der Waals surface area contributed by atoms with Crippen LogP contribution in [0.5, 0.6) is 0 Å². The number of aromatic nitrogens is 1. The first kappa shape index (κ1) is 14.5. The fraction of sp³-hybridized carbons (Fsp3) is 0.500. The van der Waals surface area contributed by atoms with E-state index in [0.717, 1.165) is 40.2 Å². The molecule has 0 radical (unpaired) electrons. The van der Waals surface area contributed by atoms with E-state index in [0.29, 0.717) is 12.5 Å². The van der Waals surface area contributed by atoms with Crippen LogP contribution in [-0.2, 0) is 4.79 Å². The summed E-state index contributed by atoms with van der Waals surface area (Å²) in [5.41, 5.74) is 7.67. The molecule has 0 spiro atoms. The van der Waals surface area contributed by atoms with Gasteiger partial charge in [0, 0.05) is 11.6 Å². The van der Waals surface area contributed by atoms with E-state index in [9.17, 15) is 4.79 Å². The SMILES string of the molecule is Cc1nc2ccc(NC(=O)C3CCCCC3CN)cc2s1. The molecule has 1 aliphatic rings. The summed E-state index contributed by atoms with van der Waals surface area (Å²) in [6, 6.07) is 5.91. The van der Waals surface area contributed by atoms with Crippen LogP contribution < -0.4 is 11.1 Å². The Morgan fingerprint density at radius 3 is 3.05 bits per heavy atom. The third kappa shape index (κ3) is 3.09. The number of amides is 1. The van der Waals surface area contributed by atoms with Crippen molar-refractivity contribution in [2.75, 3.05) is 11.9 Å². The Hall–Kier alpha value is -1.46. The second-order valence-electron chi connectivity index (χ2n) is 5.79. The maximum absolute atomic E-state index is 12.5. The molecule has 0 saturated heterocycles. The molecule has 2 aromatic rings. The number of aryl methyl sites for hydroxylation is 1. The van der Waals surface area contributed by atoms with Gasteiger partial charge in [-0.25, -0.2) is 4.98 Å². The van der Waals surface area contributed by atoms with Crippen LogP contribution in [0.25, 0.3) is 10.2 Å². The van der Waals surface area contributed by atoms with Gasteiger partial charge < -0.3 is 11.1 Å². The van der Waals surface area contributed by atoms with Crippen molar-refractivity contribution in [2.24, 2.45) is 17.6 Å². The number of nitrogens with one attached hydrogen (secondary N) is 1. The predicted molar refractivity (Wildman–Crippen MR) is 87.5 cm³/mol. The molecule has 21 heavy (non-hydrogen) atoms. The molecule has 1 aromatic carbocycles. The molecule has 2 unspecified atom stereocenters. The number of nitrogens with zero attached hydrogens (tertiary/aromatic N) is 1. The molecule has 112 valence electrons. The molecule has 4 nitrogen and oxygen atoms in total. The van der Waals surface area contributed by atoms with E-state index >= 15 is 0 Å². The molecule has 1 heterocycles. The molecule has 3 rings (SSSR count). The zero-order chi connectivity index (χ0) is 14.8. The lowest BCUT2D eigenvalue weighted by Crippen LogP contribution is -2.35. The van der Waals surface area contributed by atoms with Crippen LogP contribution in [0, 0.1) is 18.8 Å². The average molecular weight is 303 g/mol. The number of carbonyl (C=O) groups excluding carboxylic acids is 1. The van der Waals surface area contributed by atoms with Gasteiger partial charge in [-0.15, -0.1) is 11.3 Å². The molecule has 1 amide bonds. The molecule has 0 bridgehead atoms. The monoisotopic (exact) mass is 303 g/mol.